The Morgan fingerprint density at radius 2 is 2.07 bits per heavy atom. The summed E-state index contributed by atoms with van der Waals surface area (Å²) in [5.74, 6) is 0.992. The van der Waals surface area contributed by atoms with Gasteiger partial charge in [0, 0.05) is 19.3 Å². The molecule has 0 aliphatic carbocycles. The van der Waals surface area contributed by atoms with Crippen molar-refractivity contribution in [1.29, 1.82) is 0 Å². The van der Waals surface area contributed by atoms with Gasteiger partial charge in [0.1, 0.15) is 5.82 Å². The van der Waals surface area contributed by atoms with Crippen LogP contribution in [0.2, 0.25) is 0 Å². The van der Waals surface area contributed by atoms with Gasteiger partial charge in [-0.3, -0.25) is 4.79 Å². The molecule has 0 unspecified atom stereocenters. The van der Waals surface area contributed by atoms with Crippen molar-refractivity contribution in [3.63, 3.8) is 0 Å². The first-order valence-corrected chi connectivity index (χ1v) is 4.86. The van der Waals surface area contributed by atoms with E-state index in [1.54, 1.807) is 12.5 Å². The Labute approximate surface area is 83.0 Å². The lowest BCUT2D eigenvalue weighted by Crippen LogP contribution is -2.30. The minimum Gasteiger partial charge on any atom is -0.357 e. The lowest BCUT2D eigenvalue weighted by atomic mass is 10.1. The Balaban J connectivity index is 2.17. The number of piperidine rings is 1. The highest BCUT2D eigenvalue weighted by Crippen LogP contribution is 2.16. The van der Waals surface area contributed by atoms with E-state index < -0.39 is 0 Å². The van der Waals surface area contributed by atoms with Gasteiger partial charge in [-0.25, -0.2) is 9.97 Å². The van der Waals surface area contributed by atoms with Gasteiger partial charge in [-0.1, -0.05) is 0 Å². The zero-order chi connectivity index (χ0) is 9.80. The van der Waals surface area contributed by atoms with Crippen LogP contribution in [0.3, 0.4) is 0 Å². The van der Waals surface area contributed by atoms with E-state index in [2.05, 4.69) is 14.9 Å². The van der Waals surface area contributed by atoms with E-state index in [1.807, 2.05) is 6.07 Å². The first-order chi connectivity index (χ1) is 6.90. The second-order valence-electron chi connectivity index (χ2n) is 3.39. The van der Waals surface area contributed by atoms with Gasteiger partial charge >= 0.3 is 0 Å². The first kappa shape index (κ1) is 9.12. The molecule has 0 amide bonds. The molecule has 2 heterocycles. The van der Waals surface area contributed by atoms with Crippen molar-refractivity contribution >= 4 is 12.1 Å². The van der Waals surface area contributed by atoms with Crippen LogP contribution in [-0.4, -0.2) is 29.3 Å². The molecule has 4 heteroatoms. The molecule has 1 aromatic rings. The predicted octanol–water partition coefficient (Wildman–Crippen LogP) is 0.925. The molecule has 14 heavy (non-hydrogen) atoms. The highest BCUT2D eigenvalue weighted by atomic mass is 16.1. The fraction of sp³-hybridized carbons (Fsp3) is 0.500. The monoisotopic (exact) mass is 190 g/mol. The Morgan fingerprint density at radius 1 is 1.29 bits per heavy atom. The largest absolute Gasteiger partial charge is 0.357 e. The Morgan fingerprint density at radius 3 is 2.79 bits per heavy atom. The fourth-order valence-electron chi connectivity index (χ4n) is 1.70. The number of rotatable bonds is 2. The van der Waals surface area contributed by atoms with Crippen molar-refractivity contribution in [1.82, 2.24) is 9.97 Å². The minimum atomic E-state index is 0.146. The molecule has 2 rings (SSSR count). The molecule has 0 aromatic carbocycles. The van der Waals surface area contributed by atoms with Crippen LogP contribution >= 0.6 is 0 Å². The van der Waals surface area contributed by atoms with Gasteiger partial charge in [0.15, 0.2) is 0 Å². The summed E-state index contributed by atoms with van der Waals surface area (Å²) in [7, 11) is 0. The third kappa shape index (κ3) is 1.89. The van der Waals surface area contributed by atoms with Crippen molar-refractivity contribution in [2.75, 3.05) is 18.0 Å². The lowest BCUT2D eigenvalue weighted by molar-refractivity contribution is 0.558. The summed E-state index contributed by atoms with van der Waals surface area (Å²) in [4.78, 5) is 20.5. The summed E-state index contributed by atoms with van der Waals surface area (Å²) in [5, 5.41) is 0. The molecule has 0 bridgehead atoms. The van der Waals surface area contributed by atoms with E-state index in [1.165, 1.54) is 19.3 Å². The summed E-state index contributed by atoms with van der Waals surface area (Å²) < 4.78 is 0. The smallest absolute Gasteiger partial charge is 0.274 e. The van der Waals surface area contributed by atoms with Crippen LogP contribution in [0, 0.1) is 0 Å². The van der Waals surface area contributed by atoms with Crippen LogP contribution in [0.15, 0.2) is 12.3 Å². The number of hydrogen-bond acceptors (Lipinski definition) is 4. The molecule has 1 aliphatic heterocycles. The van der Waals surface area contributed by atoms with Gasteiger partial charge < -0.3 is 4.90 Å². The zero-order valence-electron chi connectivity index (χ0n) is 7.94. The maximum Gasteiger partial charge on any atom is 0.274 e. The number of nitrogens with zero attached hydrogens (tertiary/aromatic N) is 3. The van der Waals surface area contributed by atoms with Crippen molar-refractivity contribution in [2.45, 2.75) is 19.3 Å². The van der Waals surface area contributed by atoms with Gasteiger partial charge in [-0.2, -0.15) is 0 Å². The van der Waals surface area contributed by atoms with E-state index in [0.717, 1.165) is 18.9 Å². The van der Waals surface area contributed by atoms with Crippen LogP contribution in [0.25, 0.3) is 0 Å². The molecule has 1 aliphatic rings. The molecule has 0 spiro atoms. The quantitative estimate of drug-likeness (QED) is 0.695. The molecular formula is C10H12N3O. The molecule has 73 valence electrons. The molecule has 0 N–H and O–H groups in total. The van der Waals surface area contributed by atoms with Crippen molar-refractivity contribution in [3.05, 3.63) is 18.1 Å². The van der Waals surface area contributed by atoms with Crippen LogP contribution < -0.4 is 4.90 Å². The van der Waals surface area contributed by atoms with Crippen molar-refractivity contribution in [2.24, 2.45) is 0 Å². The standard InChI is InChI=1S/C10H12N3O/c14-8-9-11-5-4-10(12-9)13-6-2-1-3-7-13/h4-5H,1-3,6-7H2. The lowest BCUT2D eigenvalue weighted by Gasteiger charge is -2.27. The maximum atomic E-state index is 10.4. The van der Waals surface area contributed by atoms with Crippen LogP contribution in [0.1, 0.15) is 25.1 Å². The molecule has 1 saturated heterocycles. The average Bonchev–Trinajstić information content (AvgIpc) is 2.30. The Bertz CT molecular complexity index is 321. The van der Waals surface area contributed by atoms with Crippen LogP contribution in [0.4, 0.5) is 5.82 Å². The Hall–Kier alpha value is -1.45. The second-order valence-corrected chi connectivity index (χ2v) is 3.39. The van der Waals surface area contributed by atoms with E-state index in [0.29, 0.717) is 0 Å². The predicted molar refractivity (Wildman–Crippen MR) is 52.9 cm³/mol. The van der Waals surface area contributed by atoms with Gasteiger partial charge in [0.25, 0.3) is 6.29 Å². The molecule has 4 nitrogen and oxygen atoms in total. The summed E-state index contributed by atoms with van der Waals surface area (Å²) in [5.41, 5.74) is 0. The van der Waals surface area contributed by atoms with Gasteiger partial charge in [-0.15, -0.1) is 0 Å². The van der Waals surface area contributed by atoms with Crippen molar-refractivity contribution in [3.8, 4) is 0 Å². The Kier molecular flexibility index (Phi) is 2.72. The molecule has 1 aromatic heterocycles. The van der Waals surface area contributed by atoms with E-state index in [4.69, 9.17) is 0 Å². The van der Waals surface area contributed by atoms with Gasteiger partial charge in [0.05, 0.1) is 0 Å². The van der Waals surface area contributed by atoms with Gasteiger partial charge in [-0.05, 0) is 25.3 Å². The normalized spacial score (nSPS) is 16.7. The molecule has 1 fully saturated rings. The second kappa shape index (κ2) is 4.17. The highest BCUT2D eigenvalue weighted by Gasteiger charge is 2.12. The summed E-state index contributed by atoms with van der Waals surface area (Å²) in [6.07, 6.45) is 7.00. The summed E-state index contributed by atoms with van der Waals surface area (Å²) in [6.45, 7) is 2.05. The SMILES string of the molecule is O=[C]c1nccc(N2CCCCC2)n1. The molecule has 1 radical (unpaired) electrons. The molecule has 0 atom stereocenters. The third-order valence-electron chi connectivity index (χ3n) is 2.41. The van der Waals surface area contributed by atoms with E-state index in [-0.39, 0.29) is 5.82 Å². The third-order valence-corrected chi connectivity index (χ3v) is 2.41. The highest BCUT2D eigenvalue weighted by molar-refractivity contribution is 5.70. The molecule has 0 saturated carbocycles. The topological polar surface area (TPSA) is 46.1 Å². The maximum absolute atomic E-state index is 10.4. The number of hydrogen-bond donors (Lipinski definition) is 0. The first-order valence-electron chi connectivity index (χ1n) is 4.86. The fourth-order valence-corrected chi connectivity index (χ4v) is 1.70. The van der Waals surface area contributed by atoms with E-state index in [9.17, 15) is 4.79 Å². The molecular weight excluding hydrogens is 178 g/mol. The number of aromatic nitrogens is 2. The summed E-state index contributed by atoms with van der Waals surface area (Å²) >= 11 is 0. The van der Waals surface area contributed by atoms with Gasteiger partial charge in [0.2, 0.25) is 5.82 Å². The van der Waals surface area contributed by atoms with Crippen molar-refractivity contribution < 1.29 is 4.79 Å². The van der Waals surface area contributed by atoms with Crippen LogP contribution in [0.5, 0.6) is 0 Å². The number of carbonyl (C=O) groups excluding carboxylic acids is 1. The summed E-state index contributed by atoms with van der Waals surface area (Å²) in [6, 6.07) is 1.84. The average molecular weight is 190 g/mol. The number of anilines is 1. The minimum absolute atomic E-state index is 0.146. The van der Waals surface area contributed by atoms with Crippen LogP contribution in [-0.2, 0) is 4.79 Å². The van der Waals surface area contributed by atoms with E-state index >= 15 is 0 Å². The zero-order valence-corrected chi connectivity index (χ0v) is 7.94.